The number of hydrogen-bond acceptors (Lipinski definition) is 3. The first-order valence-corrected chi connectivity index (χ1v) is 10.7. The van der Waals surface area contributed by atoms with E-state index in [1.165, 1.54) is 24.3 Å². The summed E-state index contributed by atoms with van der Waals surface area (Å²) in [7, 11) is -3.56. The van der Waals surface area contributed by atoms with Gasteiger partial charge in [-0.3, -0.25) is 4.79 Å². The first-order valence-electron chi connectivity index (χ1n) is 8.41. The monoisotopic (exact) mass is 438 g/mol. The van der Waals surface area contributed by atoms with Gasteiger partial charge in [0.2, 0.25) is 10.0 Å². The van der Waals surface area contributed by atoms with Gasteiger partial charge in [-0.25, -0.2) is 13.1 Å². The zero-order valence-electron chi connectivity index (χ0n) is 15.0. The topological polar surface area (TPSA) is 75.3 Å². The highest BCUT2D eigenvalue weighted by Gasteiger charge is 2.17. The van der Waals surface area contributed by atoms with Gasteiger partial charge in [0.25, 0.3) is 5.91 Å². The highest BCUT2D eigenvalue weighted by Crippen LogP contribution is 2.20. The van der Waals surface area contributed by atoms with Crippen LogP contribution in [0.2, 0.25) is 0 Å². The average Bonchev–Trinajstić information content (AvgIpc) is 2.59. The minimum atomic E-state index is -3.56. The van der Waals surface area contributed by atoms with Crippen LogP contribution in [-0.2, 0) is 10.0 Å². The van der Waals surface area contributed by atoms with Gasteiger partial charge in [-0.05, 0) is 62.2 Å². The largest absolute Gasteiger partial charge is 0.345 e. The Labute approximate surface area is 163 Å². The van der Waals surface area contributed by atoms with E-state index in [1.54, 1.807) is 13.8 Å². The second kappa shape index (κ2) is 8.79. The van der Waals surface area contributed by atoms with Crippen LogP contribution in [0.15, 0.2) is 57.9 Å². The van der Waals surface area contributed by atoms with Crippen molar-refractivity contribution in [1.29, 1.82) is 0 Å². The predicted octanol–water partition coefficient (Wildman–Crippen LogP) is 4.02. The van der Waals surface area contributed by atoms with Crippen LogP contribution in [0.1, 0.15) is 49.2 Å². The molecule has 0 spiro atoms. The molecule has 5 nitrogen and oxygen atoms in total. The highest BCUT2D eigenvalue weighted by atomic mass is 79.9. The van der Waals surface area contributed by atoms with E-state index in [1.807, 2.05) is 31.2 Å². The van der Waals surface area contributed by atoms with E-state index in [9.17, 15) is 13.2 Å². The fraction of sp³-hybridized carbons (Fsp3) is 0.316. The lowest BCUT2D eigenvalue weighted by atomic mass is 10.0. The minimum absolute atomic E-state index is 0.110. The summed E-state index contributed by atoms with van der Waals surface area (Å²) in [4.78, 5) is 12.6. The fourth-order valence-electron chi connectivity index (χ4n) is 2.52. The number of nitrogens with one attached hydrogen (secondary N) is 2. The van der Waals surface area contributed by atoms with E-state index in [4.69, 9.17) is 0 Å². The maximum Gasteiger partial charge on any atom is 0.251 e. The molecule has 1 unspecified atom stereocenters. The van der Waals surface area contributed by atoms with Crippen molar-refractivity contribution >= 4 is 31.9 Å². The molecular weight excluding hydrogens is 416 g/mol. The number of amides is 1. The van der Waals surface area contributed by atoms with Crippen molar-refractivity contribution in [2.24, 2.45) is 0 Å². The lowest BCUT2D eigenvalue weighted by Gasteiger charge is -2.18. The molecule has 0 aromatic heterocycles. The normalized spacial score (nSPS) is 12.8. The maximum atomic E-state index is 12.5. The van der Waals surface area contributed by atoms with Gasteiger partial charge >= 0.3 is 0 Å². The molecule has 7 heteroatoms. The van der Waals surface area contributed by atoms with Crippen LogP contribution in [0.4, 0.5) is 0 Å². The molecule has 26 heavy (non-hydrogen) atoms. The molecule has 0 aliphatic carbocycles. The quantitative estimate of drug-likeness (QED) is 0.685. The third kappa shape index (κ3) is 5.40. The van der Waals surface area contributed by atoms with Crippen LogP contribution < -0.4 is 10.0 Å². The van der Waals surface area contributed by atoms with Gasteiger partial charge in [-0.15, -0.1) is 0 Å². The molecule has 0 saturated heterocycles. The lowest BCUT2D eigenvalue weighted by Crippen LogP contribution is -2.30. The lowest BCUT2D eigenvalue weighted by molar-refractivity contribution is 0.0935. The number of rotatable bonds is 7. The van der Waals surface area contributed by atoms with E-state index in [2.05, 4.69) is 26.0 Å². The number of carbonyl (C=O) groups is 1. The van der Waals surface area contributed by atoms with Crippen molar-refractivity contribution in [2.45, 2.75) is 44.2 Å². The molecule has 1 atom stereocenters. The van der Waals surface area contributed by atoms with Gasteiger partial charge in [0.1, 0.15) is 0 Å². The van der Waals surface area contributed by atoms with Crippen LogP contribution in [0.25, 0.3) is 0 Å². The smallest absolute Gasteiger partial charge is 0.251 e. The summed E-state index contributed by atoms with van der Waals surface area (Å²) in [5, 5.41) is 2.99. The van der Waals surface area contributed by atoms with Crippen molar-refractivity contribution < 1.29 is 13.2 Å². The molecule has 0 bridgehead atoms. The first-order chi connectivity index (χ1) is 12.2. The summed E-state index contributed by atoms with van der Waals surface area (Å²) in [6.45, 7) is 5.51. The molecule has 2 aromatic rings. The maximum absolute atomic E-state index is 12.5. The first kappa shape index (κ1) is 20.6. The fourth-order valence-corrected chi connectivity index (χ4v) is 4.04. The average molecular weight is 439 g/mol. The highest BCUT2D eigenvalue weighted by molar-refractivity contribution is 9.10. The van der Waals surface area contributed by atoms with Crippen LogP contribution in [0.3, 0.4) is 0 Å². The molecule has 140 valence electrons. The molecule has 2 rings (SSSR count). The Morgan fingerprint density at radius 1 is 1.04 bits per heavy atom. The summed E-state index contributed by atoms with van der Waals surface area (Å²) in [5.41, 5.74) is 1.44. The molecule has 0 aliphatic heterocycles. The van der Waals surface area contributed by atoms with E-state index in [0.29, 0.717) is 5.56 Å². The van der Waals surface area contributed by atoms with Crippen molar-refractivity contribution in [3.63, 3.8) is 0 Å². The number of halogens is 1. The third-order valence-electron chi connectivity index (χ3n) is 3.80. The molecular formula is C19H23BrN2O3S. The van der Waals surface area contributed by atoms with E-state index in [0.717, 1.165) is 16.5 Å². The van der Waals surface area contributed by atoms with Crippen LogP contribution in [0, 0.1) is 0 Å². The van der Waals surface area contributed by atoms with Crippen molar-refractivity contribution in [3.05, 3.63) is 64.1 Å². The van der Waals surface area contributed by atoms with Crippen LogP contribution in [0.5, 0.6) is 0 Å². The van der Waals surface area contributed by atoms with Crippen molar-refractivity contribution in [3.8, 4) is 0 Å². The Balaban J connectivity index is 2.13. The van der Waals surface area contributed by atoms with Crippen molar-refractivity contribution in [1.82, 2.24) is 10.0 Å². The van der Waals surface area contributed by atoms with E-state index >= 15 is 0 Å². The number of carbonyl (C=O) groups excluding carboxylic acids is 1. The van der Waals surface area contributed by atoms with Gasteiger partial charge in [-0.2, -0.15) is 0 Å². The Hall–Kier alpha value is -1.70. The second-order valence-electron chi connectivity index (χ2n) is 6.29. The summed E-state index contributed by atoms with van der Waals surface area (Å²) in [6.07, 6.45) is 0.748. The number of hydrogen-bond donors (Lipinski definition) is 2. The van der Waals surface area contributed by atoms with Gasteiger partial charge in [0.05, 0.1) is 10.9 Å². The Morgan fingerprint density at radius 2 is 1.62 bits per heavy atom. The number of sulfonamides is 1. The Kier molecular flexibility index (Phi) is 6.97. The summed E-state index contributed by atoms with van der Waals surface area (Å²) in [5.74, 6) is -0.236. The van der Waals surface area contributed by atoms with Gasteiger partial charge in [0, 0.05) is 16.1 Å². The Morgan fingerprint density at radius 3 is 2.12 bits per heavy atom. The van der Waals surface area contributed by atoms with Gasteiger partial charge < -0.3 is 5.32 Å². The molecule has 2 aromatic carbocycles. The molecule has 1 amide bonds. The molecule has 0 radical (unpaired) electrons. The summed E-state index contributed by atoms with van der Waals surface area (Å²) in [6, 6.07) is 13.4. The third-order valence-corrected chi connectivity index (χ3v) is 6.01. The van der Waals surface area contributed by atoms with Gasteiger partial charge in [-0.1, -0.05) is 35.0 Å². The molecule has 2 N–H and O–H groups in total. The van der Waals surface area contributed by atoms with Crippen LogP contribution >= 0.6 is 15.9 Å². The predicted molar refractivity (Wildman–Crippen MR) is 107 cm³/mol. The summed E-state index contributed by atoms with van der Waals surface area (Å²) < 4.78 is 27.8. The molecule has 0 heterocycles. The molecule has 0 fully saturated rings. The minimum Gasteiger partial charge on any atom is -0.345 e. The molecule has 0 saturated carbocycles. The van der Waals surface area contributed by atoms with Crippen LogP contribution in [-0.4, -0.2) is 20.4 Å². The summed E-state index contributed by atoms with van der Waals surface area (Å²) >= 11 is 3.40. The second-order valence-corrected chi connectivity index (χ2v) is 8.92. The standard InChI is InChI=1S/C19H23BrN2O3S/c1-4-18(14-5-9-16(20)10-6-14)21-19(23)15-7-11-17(12-8-15)26(24,25)22-13(2)3/h5-13,18,22H,4H2,1-3H3,(H,21,23). The molecule has 0 aliphatic rings. The zero-order valence-corrected chi connectivity index (χ0v) is 17.4. The van der Waals surface area contributed by atoms with Crippen molar-refractivity contribution in [2.75, 3.05) is 0 Å². The SMILES string of the molecule is CCC(NC(=O)c1ccc(S(=O)(=O)NC(C)C)cc1)c1ccc(Br)cc1. The zero-order chi connectivity index (χ0) is 19.3. The van der Waals surface area contributed by atoms with E-state index < -0.39 is 10.0 Å². The number of benzene rings is 2. The Bertz CT molecular complexity index is 847. The van der Waals surface area contributed by atoms with E-state index in [-0.39, 0.29) is 22.9 Å². The van der Waals surface area contributed by atoms with Gasteiger partial charge in [0.15, 0.2) is 0 Å².